The molecule has 1 aromatic carbocycles. The number of aryl methyl sites for hydroxylation is 1. The van der Waals surface area contributed by atoms with Gasteiger partial charge in [-0.1, -0.05) is 49.9 Å². The molecular formula is C17H27NO. The summed E-state index contributed by atoms with van der Waals surface area (Å²) in [4.78, 5) is 0. The first kappa shape index (κ1) is 14.5. The van der Waals surface area contributed by atoms with Crippen LogP contribution in [-0.4, -0.2) is 19.7 Å². The molecule has 1 unspecified atom stereocenters. The zero-order valence-electron chi connectivity index (χ0n) is 12.3. The molecule has 0 bridgehead atoms. The quantitative estimate of drug-likeness (QED) is 0.809. The number of hydrogen-bond acceptors (Lipinski definition) is 2. The van der Waals surface area contributed by atoms with Crippen molar-refractivity contribution in [2.75, 3.05) is 13.6 Å². The minimum atomic E-state index is 0.189. The van der Waals surface area contributed by atoms with Crippen LogP contribution in [-0.2, 0) is 4.74 Å². The Bertz CT molecular complexity index is 369. The van der Waals surface area contributed by atoms with E-state index in [9.17, 15) is 0 Å². The third-order valence-corrected chi connectivity index (χ3v) is 4.08. The van der Waals surface area contributed by atoms with Crippen molar-refractivity contribution in [1.82, 2.24) is 5.32 Å². The van der Waals surface area contributed by atoms with Gasteiger partial charge in [-0.05, 0) is 37.9 Å². The van der Waals surface area contributed by atoms with E-state index in [1.165, 1.54) is 49.7 Å². The summed E-state index contributed by atoms with van der Waals surface area (Å²) in [7, 11) is 2.00. The molecule has 1 N–H and O–H groups in total. The molecule has 19 heavy (non-hydrogen) atoms. The Labute approximate surface area is 117 Å². The van der Waals surface area contributed by atoms with Gasteiger partial charge in [0.15, 0.2) is 0 Å². The maximum atomic E-state index is 6.42. The highest BCUT2D eigenvalue weighted by Gasteiger charge is 2.20. The van der Waals surface area contributed by atoms with Crippen LogP contribution >= 0.6 is 0 Å². The SMILES string of the molecule is CNCC(OC1CCCCCC1)c1ccccc1C. The van der Waals surface area contributed by atoms with Crippen LogP contribution in [0.25, 0.3) is 0 Å². The Morgan fingerprint density at radius 1 is 1.16 bits per heavy atom. The molecule has 0 radical (unpaired) electrons. The van der Waals surface area contributed by atoms with E-state index < -0.39 is 0 Å². The zero-order chi connectivity index (χ0) is 13.5. The maximum absolute atomic E-state index is 6.42. The molecule has 0 spiro atoms. The molecule has 2 rings (SSSR count). The van der Waals surface area contributed by atoms with Gasteiger partial charge in [-0.15, -0.1) is 0 Å². The first-order chi connectivity index (χ1) is 9.31. The average Bonchev–Trinajstić information content (AvgIpc) is 2.67. The second-order valence-electron chi connectivity index (χ2n) is 5.65. The van der Waals surface area contributed by atoms with Gasteiger partial charge < -0.3 is 10.1 Å². The topological polar surface area (TPSA) is 21.3 Å². The van der Waals surface area contributed by atoms with E-state index in [2.05, 4.69) is 36.5 Å². The van der Waals surface area contributed by atoms with Crippen LogP contribution < -0.4 is 5.32 Å². The molecular weight excluding hydrogens is 234 g/mol. The molecule has 1 atom stereocenters. The lowest BCUT2D eigenvalue weighted by Gasteiger charge is -2.25. The highest BCUT2D eigenvalue weighted by atomic mass is 16.5. The summed E-state index contributed by atoms with van der Waals surface area (Å²) < 4.78 is 6.42. The molecule has 1 aromatic rings. The van der Waals surface area contributed by atoms with Gasteiger partial charge >= 0.3 is 0 Å². The van der Waals surface area contributed by atoms with Crippen molar-refractivity contribution in [1.29, 1.82) is 0 Å². The third-order valence-electron chi connectivity index (χ3n) is 4.08. The third kappa shape index (κ3) is 4.32. The lowest BCUT2D eigenvalue weighted by Crippen LogP contribution is -2.25. The average molecular weight is 261 g/mol. The molecule has 0 aromatic heterocycles. The number of rotatable bonds is 5. The smallest absolute Gasteiger partial charge is 0.0955 e. The number of benzene rings is 1. The van der Waals surface area contributed by atoms with Gasteiger partial charge in [0.05, 0.1) is 12.2 Å². The number of hydrogen-bond donors (Lipinski definition) is 1. The molecule has 0 amide bonds. The van der Waals surface area contributed by atoms with E-state index in [1.54, 1.807) is 0 Å². The molecule has 1 saturated carbocycles. The molecule has 2 heteroatoms. The Morgan fingerprint density at radius 3 is 2.47 bits per heavy atom. The van der Waals surface area contributed by atoms with Crippen LogP contribution in [0.4, 0.5) is 0 Å². The first-order valence-corrected chi connectivity index (χ1v) is 7.67. The summed E-state index contributed by atoms with van der Waals surface area (Å²) in [5.74, 6) is 0. The van der Waals surface area contributed by atoms with Crippen LogP contribution in [0.3, 0.4) is 0 Å². The van der Waals surface area contributed by atoms with Gasteiger partial charge in [-0.2, -0.15) is 0 Å². The van der Waals surface area contributed by atoms with Crippen molar-refractivity contribution in [2.24, 2.45) is 0 Å². The van der Waals surface area contributed by atoms with E-state index in [0.717, 1.165) is 6.54 Å². The Hall–Kier alpha value is -0.860. The van der Waals surface area contributed by atoms with E-state index in [1.807, 2.05) is 7.05 Å². The van der Waals surface area contributed by atoms with Crippen LogP contribution in [0.2, 0.25) is 0 Å². The fourth-order valence-corrected chi connectivity index (χ4v) is 2.98. The lowest BCUT2D eigenvalue weighted by atomic mass is 10.0. The van der Waals surface area contributed by atoms with Crippen molar-refractivity contribution in [2.45, 2.75) is 57.7 Å². The summed E-state index contributed by atoms with van der Waals surface area (Å²) >= 11 is 0. The summed E-state index contributed by atoms with van der Waals surface area (Å²) in [6.45, 7) is 3.07. The van der Waals surface area contributed by atoms with Gasteiger partial charge in [-0.3, -0.25) is 0 Å². The molecule has 106 valence electrons. The highest BCUT2D eigenvalue weighted by molar-refractivity contribution is 5.28. The maximum Gasteiger partial charge on any atom is 0.0955 e. The van der Waals surface area contributed by atoms with Crippen molar-refractivity contribution < 1.29 is 4.74 Å². The highest BCUT2D eigenvalue weighted by Crippen LogP contribution is 2.27. The number of likely N-dealkylation sites (N-methyl/N-ethyl adjacent to an activating group) is 1. The largest absolute Gasteiger partial charge is 0.369 e. The Kier molecular flexibility index (Phi) is 5.87. The summed E-state index contributed by atoms with van der Waals surface area (Å²) in [6, 6.07) is 8.59. The standard InChI is InChI=1S/C17H27NO/c1-14-9-7-8-12-16(14)17(13-18-2)19-15-10-5-3-4-6-11-15/h7-9,12,15,17-18H,3-6,10-11,13H2,1-2H3. The molecule has 1 fully saturated rings. The van der Waals surface area contributed by atoms with E-state index in [4.69, 9.17) is 4.74 Å². The Morgan fingerprint density at radius 2 is 1.84 bits per heavy atom. The summed E-state index contributed by atoms with van der Waals surface area (Å²) in [6.07, 6.45) is 8.49. The second kappa shape index (κ2) is 7.66. The van der Waals surface area contributed by atoms with Gasteiger partial charge in [0, 0.05) is 6.54 Å². The van der Waals surface area contributed by atoms with Gasteiger partial charge in [0.1, 0.15) is 0 Å². The fraction of sp³-hybridized carbons (Fsp3) is 0.647. The van der Waals surface area contributed by atoms with Gasteiger partial charge in [0.25, 0.3) is 0 Å². The molecule has 0 aliphatic heterocycles. The van der Waals surface area contributed by atoms with Crippen molar-refractivity contribution >= 4 is 0 Å². The second-order valence-corrected chi connectivity index (χ2v) is 5.65. The molecule has 2 nitrogen and oxygen atoms in total. The summed E-state index contributed by atoms with van der Waals surface area (Å²) in [5, 5.41) is 3.27. The van der Waals surface area contributed by atoms with Crippen LogP contribution in [0.15, 0.2) is 24.3 Å². The fourth-order valence-electron chi connectivity index (χ4n) is 2.98. The molecule has 1 aliphatic carbocycles. The van der Waals surface area contributed by atoms with Crippen molar-refractivity contribution in [3.8, 4) is 0 Å². The van der Waals surface area contributed by atoms with Crippen LogP contribution in [0, 0.1) is 6.92 Å². The number of nitrogens with one attached hydrogen (secondary N) is 1. The van der Waals surface area contributed by atoms with Crippen LogP contribution in [0.1, 0.15) is 55.8 Å². The first-order valence-electron chi connectivity index (χ1n) is 7.67. The molecule has 1 aliphatic rings. The minimum absolute atomic E-state index is 0.189. The molecule has 0 heterocycles. The van der Waals surface area contributed by atoms with Crippen molar-refractivity contribution in [3.63, 3.8) is 0 Å². The number of ether oxygens (including phenoxy) is 1. The van der Waals surface area contributed by atoms with Gasteiger partial charge in [-0.25, -0.2) is 0 Å². The zero-order valence-corrected chi connectivity index (χ0v) is 12.3. The van der Waals surface area contributed by atoms with Crippen LogP contribution in [0.5, 0.6) is 0 Å². The monoisotopic (exact) mass is 261 g/mol. The predicted molar refractivity (Wildman–Crippen MR) is 80.4 cm³/mol. The van der Waals surface area contributed by atoms with E-state index in [-0.39, 0.29) is 6.10 Å². The lowest BCUT2D eigenvalue weighted by molar-refractivity contribution is -0.0195. The van der Waals surface area contributed by atoms with E-state index in [0.29, 0.717) is 6.10 Å². The van der Waals surface area contributed by atoms with E-state index >= 15 is 0 Å². The summed E-state index contributed by atoms with van der Waals surface area (Å²) in [5.41, 5.74) is 2.66. The predicted octanol–water partition coefficient (Wildman–Crippen LogP) is 3.99. The Balaban J connectivity index is 2.05. The van der Waals surface area contributed by atoms with Gasteiger partial charge in [0.2, 0.25) is 0 Å². The van der Waals surface area contributed by atoms with Crippen molar-refractivity contribution in [3.05, 3.63) is 35.4 Å². The normalized spacial score (nSPS) is 19.1. The minimum Gasteiger partial charge on any atom is -0.369 e. The molecule has 0 saturated heterocycles.